The third-order valence-electron chi connectivity index (χ3n) is 13.5. The minimum Gasteiger partial charge on any atom is -0.201 e. The molecule has 0 amide bonds. The number of fused-ring (bicyclic) bond motifs is 6. The smallest absolute Gasteiger partial charge is 0.0501 e. The van der Waals surface area contributed by atoms with E-state index in [1.807, 2.05) is 0 Å². The molecule has 7 unspecified atom stereocenters. The molecule has 5 aliphatic rings. The van der Waals surface area contributed by atoms with Gasteiger partial charge in [-0.2, -0.15) is 23.3 Å². The Morgan fingerprint density at radius 1 is 0.833 bits per heavy atom. The molecule has 0 saturated heterocycles. The average Bonchev–Trinajstić information content (AvgIpc) is 3.85. The van der Waals surface area contributed by atoms with E-state index in [4.69, 9.17) is 0 Å². The van der Waals surface area contributed by atoms with Gasteiger partial charge in [-0.3, -0.25) is 0 Å². The number of allylic oxidation sites excluding steroid dienone is 6. The molecule has 7 atom stereocenters. The van der Waals surface area contributed by atoms with E-state index in [1.165, 1.54) is 54.4 Å². The Hall–Kier alpha value is -1.31. The Bertz CT molecular complexity index is 1600. The fourth-order valence-electron chi connectivity index (χ4n) is 9.81. The third-order valence-corrected chi connectivity index (χ3v) is 15.4. The number of thiophene rings is 1. The molecule has 1 heterocycles. The zero-order chi connectivity index (χ0) is 32.8. The van der Waals surface area contributed by atoms with E-state index in [1.54, 1.807) is 67.0 Å². The number of hydrogen-bond donors (Lipinski definition) is 0. The maximum atomic E-state index is 2.63. The van der Waals surface area contributed by atoms with Crippen molar-refractivity contribution >= 4 is 20.1 Å². The van der Waals surface area contributed by atoms with Crippen LogP contribution < -0.4 is 24.8 Å². The van der Waals surface area contributed by atoms with E-state index < -0.39 is 0 Å². The summed E-state index contributed by atoms with van der Waals surface area (Å²) in [5.74, 6) is 4.93. The Labute approximate surface area is 323 Å². The molecule has 3 aromatic rings. The van der Waals surface area contributed by atoms with Gasteiger partial charge in [0, 0.05) is 5.41 Å². The Balaban J connectivity index is 0.000000224. The van der Waals surface area contributed by atoms with Gasteiger partial charge >= 0.3 is 59.5 Å². The van der Waals surface area contributed by atoms with E-state index in [0.717, 1.165) is 6.42 Å². The van der Waals surface area contributed by atoms with Crippen molar-refractivity contribution in [2.24, 2.45) is 40.4 Å². The van der Waals surface area contributed by atoms with Crippen LogP contribution >= 0.6 is 11.3 Å². The largest absolute Gasteiger partial charge is 0.201 e. The number of halogens is 2. The van der Waals surface area contributed by atoms with Crippen LogP contribution in [0, 0.1) is 46.3 Å². The fourth-order valence-corrected chi connectivity index (χ4v) is 11.3. The van der Waals surface area contributed by atoms with Crippen molar-refractivity contribution in [3.63, 3.8) is 0 Å². The minimum atomic E-state index is 0. The molecule has 8 rings (SSSR count). The summed E-state index contributed by atoms with van der Waals surface area (Å²) in [4.78, 5) is 0. The standard InChI is InChI=1S/C29H37.C9H7S.C6H10.2ClH.Zr/c1-16-13-14-25-26-23-12-10-9-11-22(23)15-24(26)27-19(4)17(2)18(3)21(6)29(27,8)28(25,7)20(16)5;1-2-4-8(3-1)9-5-6-10-7-9;1-2-4-6-5-3-1;;;/h9-14,16-18,20-21H,15H2,1-8H3;1-7H;1-5H2;2*1H;/q2*-1;;;;+2/p-2. The van der Waals surface area contributed by atoms with Crippen molar-refractivity contribution in [2.45, 2.75) is 93.9 Å². The molecule has 0 radical (unpaired) electrons. The van der Waals surface area contributed by atoms with Crippen LogP contribution in [0.1, 0.15) is 98.6 Å². The normalized spacial score (nSPS) is 31.5. The van der Waals surface area contributed by atoms with Crippen LogP contribution in [0.4, 0.5) is 0 Å². The van der Waals surface area contributed by atoms with E-state index in [0.29, 0.717) is 29.6 Å². The Morgan fingerprint density at radius 2 is 1.50 bits per heavy atom. The molecular formula is C44H54Cl2SZr-2. The first-order valence-corrected chi connectivity index (χ1v) is 20.1. The van der Waals surface area contributed by atoms with Crippen LogP contribution in [0.3, 0.4) is 0 Å². The molecule has 2 saturated carbocycles. The monoisotopic (exact) mass is 774 g/mol. The topological polar surface area (TPSA) is 0 Å². The first-order valence-electron chi connectivity index (χ1n) is 17.9. The molecule has 48 heavy (non-hydrogen) atoms. The van der Waals surface area contributed by atoms with Gasteiger partial charge in [0.1, 0.15) is 0 Å². The number of benzene rings is 1. The molecule has 2 aromatic carbocycles. The predicted octanol–water partition coefficient (Wildman–Crippen LogP) is 6.49. The average molecular weight is 777 g/mol. The second-order valence-electron chi connectivity index (χ2n) is 15.4. The van der Waals surface area contributed by atoms with Crippen LogP contribution in [0.5, 0.6) is 0 Å². The molecule has 5 aliphatic carbocycles. The zero-order valence-corrected chi connectivity index (χ0v) is 35.1. The molecule has 0 spiro atoms. The van der Waals surface area contributed by atoms with Gasteiger partial charge in [-0.25, -0.2) is 17.3 Å². The van der Waals surface area contributed by atoms with Gasteiger partial charge in [0.05, 0.1) is 0 Å². The quantitative estimate of drug-likeness (QED) is 0.248. The van der Waals surface area contributed by atoms with E-state index >= 15 is 0 Å². The summed E-state index contributed by atoms with van der Waals surface area (Å²) in [6.07, 6.45) is 13.4. The maximum Gasteiger partial charge on any atom is -0.0501 e. The van der Waals surface area contributed by atoms with Crippen molar-refractivity contribution < 1.29 is 49.0 Å². The van der Waals surface area contributed by atoms with Crippen molar-refractivity contribution in [3.05, 3.63) is 111 Å². The summed E-state index contributed by atoms with van der Waals surface area (Å²) in [6.45, 7) is 20.2. The van der Waals surface area contributed by atoms with E-state index in [9.17, 15) is 0 Å². The molecular weight excluding hydrogens is 723 g/mol. The summed E-state index contributed by atoms with van der Waals surface area (Å²) in [5.41, 5.74) is 12.6. The van der Waals surface area contributed by atoms with Gasteiger partial charge < -0.3 is 24.8 Å². The molecule has 2 fully saturated rings. The molecule has 0 aliphatic heterocycles. The molecule has 0 N–H and O–H groups in total. The van der Waals surface area contributed by atoms with Gasteiger partial charge in [-0.15, -0.1) is 30.7 Å². The van der Waals surface area contributed by atoms with Crippen LogP contribution in [0.25, 0.3) is 16.7 Å². The SMILES string of the molecule is C[C-]1C2=C3Cc4ccccc4C3=C3C=CC(C)C(C)C3(C)C2(C)C(C)C(C)C1C.[Cl-].[Cl-].[Zr+2]=[C]1CCCCC1.c1cc[c-](-c2ccsc2)c1. The molecule has 1 aromatic heterocycles. The molecule has 256 valence electrons. The van der Waals surface area contributed by atoms with Gasteiger partial charge in [0.15, 0.2) is 0 Å². The van der Waals surface area contributed by atoms with Gasteiger partial charge in [-0.05, 0) is 34.7 Å². The summed E-state index contributed by atoms with van der Waals surface area (Å²) in [5, 5.41) is 4.26. The second-order valence-corrected chi connectivity index (χ2v) is 17.9. The number of rotatable bonds is 1. The molecule has 4 heteroatoms. The van der Waals surface area contributed by atoms with Crippen LogP contribution in [0.15, 0.2) is 94.2 Å². The zero-order valence-electron chi connectivity index (χ0n) is 30.3. The van der Waals surface area contributed by atoms with E-state index in [-0.39, 0.29) is 35.6 Å². The summed E-state index contributed by atoms with van der Waals surface area (Å²) >= 11 is 3.43. The second kappa shape index (κ2) is 15.9. The summed E-state index contributed by atoms with van der Waals surface area (Å²) in [6, 6.07) is 19.7. The van der Waals surface area contributed by atoms with Crippen molar-refractivity contribution in [1.82, 2.24) is 0 Å². The minimum absolute atomic E-state index is 0. The van der Waals surface area contributed by atoms with Gasteiger partial charge in [0.2, 0.25) is 0 Å². The molecule has 0 nitrogen and oxygen atoms in total. The third kappa shape index (κ3) is 6.60. The summed E-state index contributed by atoms with van der Waals surface area (Å²) in [7, 11) is 0. The first-order chi connectivity index (χ1) is 22.0. The van der Waals surface area contributed by atoms with Crippen LogP contribution in [0.2, 0.25) is 0 Å². The van der Waals surface area contributed by atoms with Crippen LogP contribution in [-0.2, 0) is 30.7 Å². The Kier molecular flexibility index (Phi) is 13.1. The predicted molar refractivity (Wildman–Crippen MR) is 198 cm³/mol. The van der Waals surface area contributed by atoms with E-state index in [2.05, 4.69) is 133 Å². The van der Waals surface area contributed by atoms with Crippen molar-refractivity contribution in [3.8, 4) is 11.1 Å². The fraction of sp³-hybridized carbons (Fsp3) is 0.477. The van der Waals surface area contributed by atoms with Gasteiger partial charge in [0.25, 0.3) is 0 Å². The Morgan fingerprint density at radius 3 is 2.10 bits per heavy atom. The van der Waals surface area contributed by atoms with Crippen molar-refractivity contribution in [2.75, 3.05) is 0 Å². The molecule has 0 bridgehead atoms. The maximum absolute atomic E-state index is 2.63. The first kappa shape index (κ1) is 39.5. The number of hydrogen-bond acceptors (Lipinski definition) is 1. The van der Waals surface area contributed by atoms with Crippen molar-refractivity contribution in [1.29, 1.82) is 0 Å². The van der Waals surface area contributed by atoms with Gasteiger partial charge in [-0.1, -0.05) is 130 Å². The van der Waals surface area contributed by atoms with Crippen LogP contribution in [-0.4, -0.2) is 3.21 Å². The summed E-state index contributed by atoms with van der Waals surface area (Å²) < 4.78 is 1.80.